The third-order valence-corrected chi connectivity index (χ3v) is 2.54. The fourth-order valence-electron chi connectivity index (χ4n) is 1.39. The summed E-state index contributed by atoms with van der Waals surface area (Å²) in [6.07, 6.45) is 2.05. The fourth-order valence-corrected chi connectivity index (χ4v) is 1.39. The van der Waals surface area contributed by atoms with E-state index < -0.39 is 0 Å². The van der Waals surface area contributed by atoms with E-state index in [1.165, 1.54) is 0 Å². The molecule has 0 aliphatic rings. The highest BCUT2D eigenvalue weighted by atomic mass is 16.5. The van der Waals surface area contributed by atoms with Crippen molar-refractivity contribution in [2.45, 2.75) is 26.7 Å². The Morgan fingerprint density at radius 3 is 2.94 bits per heavy atom. The van der Waals surface area contributed by atoms with Gasteiger partial charge in [-0.15, -0.1) is 0 Å². The molecule has 0 radical (unpaired) electrons. The third kappa shape index (κ3) is 4.34. The maximum atomic E-state index is 11.4. The zero-order valence-electron chi connectivity index (χ0n) is 10.5. The van der Waals surface area contributed by atoms with Gasteiger partial charge in [0.1, 0.15) is 5.75 Å². The summed E-state index contributed by atoms with van der Waals surface area (Å²) in [6, 6.07) is 5.43. The van der Waals surface area contributed by atoms with Crippen molar-refractivity contribution in [1.29, 1.82) is 0 Å². The van der Waals surface area contributed by atoms with E-state index in [1.54, 1.807) is 0 Å². The smallest absolute Gasteiger partial charge is 0.257 e. The molecule has 4 nitrogen and oxygen atoms in total. The average Bonchev–Trinajstić information content (AvgIpc) is 2.31. The second-order valence-corrected chi connectivity index (χ2v) is 3.96. The van der Waals surface area contributed by atoms with Gasteiger partial charge >= 0.3 is 0 Å². The molecular formula is C13H20N2O2. The van der Waals surface area contributed by atoms with E-state index in [-0.39, 0.29) is 12.5 Å². The number of ether oxygens (including phenoxy) is 1. The van der Waals surface area contributed by atoms with Crippen LogP contribution in [0.2, 0.25) is 0 Å². The molecule has 0 heterocycles. The molecule has 94 valence electrons. The molecule has 1 rings (SSSR count). The second-order valence-electron chi connectivity index (χ2n) is 3.96. The zero-order valence-corrected chi connectivity index (χ0v) is 10.5. The van der Waals surface area contributed by atoms with E-state index >= 15 is 0 Å². The van der Waals surface area contributed by atoms with Crippen LogP contribution in [0, 0.1) is 6.92 Å². The van der Waals surface area contributed by atoms with E-state index in [2.05, 4.69) is 12.2 Å². The van der Waals surface area contributed by atoms with Crippen LogP contribution in [-0.2, 0) is 4.79 Å². The molecule has 0 aliphatic carbocycles. The Morgan fingerprint density at radius 2 is 2.24 bits per heavy atom. The Balaban J connectivity index is 2.39. The van der Waals surface area contributed by atoms with Crippen molar-refractivity contribution < 1.29 is 9.53 Å². The molecule has 0 saturated heterocycles. The van der Waals surface area contributed by atoms with E-state index in [1.807, 2.05) is 25.1 Å². The number of nitrogen functional groups attached to an aromatic ring is 1. The first kappa shape index (κ1) is 13.4. The van der Waals surface area contributed by atoms with Gasteiger partial charge in [-0.2, -0.15) is 0 Å². The molecule has 0 saturated carbocycles. The van der Waals surface area contributed by atoms with Crippen LogP contribution in [0.15, 0.2) is 18.2 Å². The van der Waals surface area contributed by atoms with Crippen LogP contribution in [-0.4, -0.2) is 19.1 Å². The monoisotopic (exact) mass is 236 g/mol. The van der Waals surface area contributed by atoms with Gasteiger partial charge in [0.15, 0.2) is 6.61 Å². The highest BCUT2D eigenvalue weighted by Crippen LogP contribution is 2.22. The summed E-state index contributed by atoms with van der Waals surface area (Å²) >= 11 is 0. The number of hydrogen-bond acceptors (Lipinski definition) is 3. The Kier molecular flexibility index (Phi) is 5.33. The average molecular weight is 236 g/mol. The molecule has 1 aromatic carbocycles. The first-order valence-corrected chi connectivity index (χ1v) is 5.89. The topological polar surface area (TPSA) is 64.3 Å². The fraction of sp³-hybridized carbons (Fsp3) is 0.462. The van der Waals surface area contributed by atoms with Gasteiger partial charge in [-0.1, -0.05) is 19.4 Å². The summed E-state index contributed by atoms with van der Waals surface area (Å²) in [5, 5.41) is 2.79. The minimum Gasteiger partial charge on any atom is -0.483 e. The Hall–Kier alpha value is -1.71. The van der Waals surface area contributed by atoms with Gasteiger partial charge in [0, 0.05) is 17.8 Å². The van der Waals surface area contributed by atoms with Crippen LogP contribution in [0.3, 0.4) is 0 Å². The number of amides is 1. The summed E-state index contributed by atoms with van der Waals surface area (Å²) in [5.41, 5.74) is 7.29. The standard InChI is InChI=1S/C13H20N2O2/c1-3-4-8-15-13(16)9-17-12-7-5-6-11(14)10(12)2/h5-7H,3-4,8-9,14H2,1-2H3,(H,15,16). The van der Waals surface area contributed by atoms with Gasteiger partial charge in [-0.25, -0.2) is 0 Å². The summed E-state index contributed by atoms with van der Waals surface area (Å²) < 4.78 is 5.42. The van der Waals surface area contributed by atoms with Crippen molar-refractivity contribution in [3.63, 3.8) is 0 Å². The number of benzene rings is 1. The third-order valence-electron chi connectivity index (χ3n) is 2.54. The minimum atomic E-state index is -0.0970. The number of rotatable bonds is 6. The van der Waals surface area contributed by atoms with Gasteiger partial charge in [-0.05, 0) is 25.5 Å². The molecular weight excluding hydrogens is 216 g/mol. The number of carbonyl (C=O) groups excluding carboxylic acids is 1. The Labute approximate surface area is 102 Å². The molecule has 4 heteroatoms. The van der Waals surface area contributed by atoms with Gasteiger partial charge in [0.25, 0.3) is 5.91 Å². The predicted molar refractivity (Wildman–Crippen MR) is 69.0 cm³/mol. The molecule has 1 amide bonds. The van der Waals surface area contributed by atoms with E-state index in [9.17, 15) is 4.79 Å². The van der Waals surface area contributed by atoms with Crippen molar-refractivity contribution in [3.8, 4) is 5.75 Å². The quantitative estimate of drug-likeness (QED) is 0.585. The zero-order chi connectivity index (χ0) is 12.7. The molecule has 0 atom stereocenters. The first-order valence-electron chi connectivity index (χ1n) is 5.89. The van der Waals surface area contributed by atoms with Crippen LogP contribution < -0.4 is 15.8 Å². The maximum absolute atomic E-state index is 11.4. The molecule has 0 spiro atoms. The molecule has 3 N–H and O–H groups in total. The lowest BCUT2D eigenvalue weighted by atomic mass is 10.2. The highest BCUT2D eigenvalue weighted by Gasteiger charge is 2.05. The van der Waals surface area contributed by atoms with Gasteiger partial charge < -0.3 is 15.8 Å². The highest BCUT2D eigenvalue weighted by molar-refractivity contribution is 5.77. The summed E-state index contributed by atoms with van der Waals surface area (Å²) in [5.74, 6) is 0.566. The molecule has 17 heavy (non-hydrogen) atoms. The van der Waals surface area contributed by atoms with Crippen LogP contribution in [0.1, 0.15) is 25.3 Å². The molecule has 1 aromatic rings. The summed E-state index contributed by atoms with van der Waals surface area (Å²) in [7, 11) is 0. The lowest BCUT2D eigenvalue weighted by Gasteiger charge is -2.10. The lowest BCUT2D eigenvalue weighted by Crippen LogP contribution is -2.29. The SMILES string of the molecule is CCCCNC(=O)COc1cccc(N)c1C. The van der Waals surface area contributed by atoms with Crippen molar-refractivity contribution in [3.05, 3.63) is 23.8 Å². The number of anilines is 1. The van der Waals surface area contributed by atoms with Crippen molar-refractivity contribution in [2.24, 2.45) is 0 Å². The summed E-state index contributed by atoms with van der Waals surface area (Å²) in [4.78, 5) is 11.4. The number of carbonyl (C=O) groups is 1. The summed E-state index contributed by atoms with van der Waals surface area (Å²) in [6.45, 7) is 4.70. The first-order chi connectivity index (χ1) is 8.15. The van der Waals surface area contributed by atoms with Crippen molar-refractivity contribution in [2.75, 3.05) is 18.9 Å². The molecule has 0 aromatic heterocycles. The van der Waals surface area contributed by atoms with Crippen LogP contribution in [0.25, 0.3) is 0 Å². The number of unbranched alkanes of at least 4 members (excludes halogenated alkanes) is 1. The van der Waals surface area contributed by atoms with Gasteiger partial charge in [-0.3, -0.25) is 4.79 Å². The van der Waals surface area contributed by atoms with Crippen LogP contribution in [0.4, 0.5) is 5.69 Å². The lowest BCUT2D eigenvalue weighted by molar-refractivity contribution is -0.123. The largest absolute Gasteiger partial charge is 0.483 e. The van der Waals surface area contributed by atoms with Crippen molar-refractivity contribution >= 4 is 11.6 Å². The number of nitrogens with two attached hydrogens (primary N) is 1. The van der Waals surface area contributed by atoms with Gasteiger partial charge in [0.05, 0.1) is 0 Å². The molecule has 0 unspecified atom stereocenters. The molecule has 0 aliphatic heterocycles. The van der Waals surface area contributed by atoms with Crippen LogP contribution in [0.5, 0.6) is 5.75 Å². The predicted octanol–water partition coefficient (Wildman–Crippen LogP) is 1.87. The van der Waals surface area contributed by atoms with E-state index in [0.29, 0.717) is 18.0 Å². The van der Waals surface area contributed by atoms with Gasteiger partial charge in [0.2, 0.25) is 0 Å². The Bertz CT molecular complexity index is 378. The van der Waals surface area contributed by atoms with Crippen molar-refractivity contribution in [1.82, 2.24) is 5.32 Å². The maximum Gasteiger partial charge on any atom is 0.257 e. The second kappa shape index (κ2) is 6.78. The number of hydrogen-bond donors (Lipinski definition) is 2. The molecule has 0 fully saturated rings. The van der Waals surface area contributed by atoms with Crippen LogP contribution >= 0.6 is 0 Å². The van der Waals surface area contributed by atoms with E-state index in [4.69, 9.17) is 10.5 Å². The van der Waals surface area contributed by atoms with E-state index in [0.717, 1.165) is 18.4 Å². The molecule has 0 bridgehead atoms. The normalized spacial score (nSPS) is 10.0. The minimum absolute atomic E-state index is 0.0357. The Morgan fingerprint density at radius 1 is 1.47 bits per heavy atom. The number of nitrogens with one attached hydrogen (secondary N) is 1.